The van der Waals surface area contributed by atoms with Crippen molar-refractivity contribution in [2.75, 3.05) is 4.90 Å². The van der Waals surface area contributed by atoms with Gasteiger partial charge >= 0.3 is 0 Å². The number of β-lactam (4-membered cyclic amide) rings is 1. The van der Waals surface area contributed by atoms with Gasteiger partial charge in [-0.1, -0.05) is 72.8 Å². The van der Waals surface area contributed by atoms with Crippen molar-refractivity contribution in [2.45, 2.75) is 57.5 Å². The third kappa shape index (κ3) is 3.71. The fourth-order valence-corrected chi connectivity index (χ4v) is 7.05. The Morgan fingerprint density at radius 2 is 1.50 bits per heavy atom. The molecule has 1 saturated carbocycles. The van der Waals surface area contributed by atoms with Crippen LogP contribution in [0.25, 0.3) is 0 Å². The predicted octanol–water partition coefficient (Wildman–Crippen LogP) is 5.86. The van der Waals surface area contributed by atoms with Crippen molar-refractivity contribution in [3.63, 3.8) is 0 Å². The van der Waals surface area contributed by atoms with E-state index in [0.717, 1.165) is 36.8 Å². The Bertz CT molecular complexity index is 1220. The number of rotatable bonds is 4. The van der Waals surface area contributed by atoms with Gasteiger partial charge in [-0.05, 0) is 56.0 Å². The minimum absolute atomic E-state index is 0.109. The van der Waals surface area contributed by atoms with E-state index in [1.807, 2.05) is 67.6 Å². The van der Waals surface area contributed by atoms with Crippen LogP contribution >= 0.6 is 11.6 Å². The summed E-state index contributed by atoms with van der Waals surface area (Å²) in [6, 6.07) is 15.4. The molecule has 186 valence electrons. The van der Waals surface area contributed by atoms with Crippen molar-refractivity contribution < 1.29 is 14.4 Å². The summed E-state index contributed by atoms with van der Waals surface area (Å²) in [5.41, 5.74) is 2.74. The first-order valence-corrected chi connectivity index (χ1v) is 13.5. The highest BCUT2D eigenvalue weighted by Gasteiger charge is 2.60. The number of aryl methyl sites for hydroxylation is 1. The van der Waals surface area contributed by atoms with E-state index in [1.54, 1.807) is 0 Å². The first-order valence-electron chi connectivity index (χ1n) is 13.1. The number of hydrogen-bond acceptors (Lipinski definition) is 3. The number of likely N-dealkylation sites (tertiary alicyclic amines) is 1. The minimum Gasteiger partial charge on any atom is -0.332 e. The van der Waals surface area contributed by atoms with Crippen LogP contribution in [-0.2, 0) is 14.4 Å². The van der Waals surface area contributed by atoms with E-state index in [1.165, 1.54) is 11.3 Å². The highest BCUT2D eigenvalue weighted by molar-refractivity contribution is 6.30. The molecule has 6 rings (SSSR count). The molecule has 0 unspecified atom stereocenters. The molecule has 2 heterocycles. The van der Waals surface area contributed by atoms with Crippen LogP contribution in [0.15, 0.2) is 60.7 Å². The van der Waals surface area contributed by atoms with Gasteiger partial charge in [0.15, 0.2) is 0 Å². The fraction of sp³-hybridized carbons (Fsp3) is 0.433. The summed E-state index contributed by atoms with van der Waals surface area (Å²) in [5, 5.41) is 0.660. The van der Waals surface area contributed by atoms with Crippen molar-refractivity contribution in [2.24, 2.45) is 23.7 Å². The van der Waals surface area contributed by atoms with Gasteiger partial charge in [0.25, 0.3) is 0 Å². The van der Waals surface area contributed by atoms with Crippen LogP contribution in [0.2, 0.25) is 5.02 Å². The summed E-state index contributed by atoms with van der Waals surface area (Å²) in [7, 11) is 0. The van der Waals surface area contributed by atoms with E-state index < -0.39 is 11.8 Å². The van der Waals surface area contributed by atoms with Gasteiger partial charge in [0.1, 0.15) is 0 Å². The van der Waals surface area contributed by atoms with Gasteiger partial charge < -0.3 is 4.90 Å². The third-order valence-corrected chi connectivity index (χ3v) is 8.96. The zero-order valence-electron chi connectivity index (χ0n) is 20.5. The summed E-state index contributed by atoms with van der Waals surface area (Å²) in [6.07, 6.45) is 10.1. The molecule has 0 bridgehead atoms. The molecule has 2 aromatic rings. The number of amides is 3. The predicted molar refractivity (Wildman–Crippen MR) is 139 cm³/mol. The molecule has 0 spiro atoms. The van der Waals surface area contributed by atoms with Gasteiger partial charge in [-0.15, -0.1) is 0 Å². The molecular weight excluding hydrogens is 472 g/mol. The number of anilines is 1. The number of nitrogens with zero attached hydrogens (tertiary/aromatic N) is 2. The average molecular weight is 503 g/mol. The van der Waals surface area contributed by atoms with E-state index in [2.05, 4.69) is 4.90 Å². The average Bonchev–Trinajstić information content (AvgIpc) is 3.15. The Kier molecular flexibility index (Phi) is 5.99. The lowest BCUT2D eigenvalue weighted by molar-refractivity contribution is -0.169. The first-order chi connectivity index (χ1) is 17.5. The lowest BCUT2D eigenvalue weighted by atomic mass is 9.64. The van der Waals surface area contributed by atoms with E-state index in [0.29, 0.717) is 17.1 Å². The molecule has 5 atom stereocenters. The molecule has 5 nitrogen and oxygen atoms in total. The smallest absolute Gasteiger partial charge is 0.238 e. The largest absolute Gasteiger partial charge is 0.332 e. The molecule has 2 aliphatic heterocycles. The Balaban J connectivity index is 1.35. The van der Waals surface area contributed by atoms with E-state index in [9.17, 15) is 14.4 Å². The van der Waals surface area contributed by atoms with Gasteiger partial charge in [0.2, 0.25) is 17.7 Å². The highest BCUT2D eigenvalue weighted by atomic mass is 35.5. The van der Waals surface area contributed by atoms with Crippen molar-refractivity contribution in [3.05, 3.63) is 76.8 Å². The van der Waals surface area contributed by atoms with Crippen LogP contribution in [0.5, 0.6) is 0 Å². The van der Waals surface area contributed by atoms with Gasteiger partial charge in [-0.25, -0.2) is 0 Å². The van der Waals surface area contributed by atoms with Crippen LogP contribution in [0.3, 0.4) is 0 Å². The maximum absolute atomic E-state index is 13.8. The number of carbonyl (C=O) groups excluding carboxylic acids is 3. The molecule has 0 aromatic heterocycles. The highest BCUT2D eigenvalue weighted by Crippen LogP contribution is 2.53. The Labute approximate surface area is 217 Å². The number of hydrogen-bond donors (Lipinski definition) is 0. The molecule has 0 N–H and O–H groups in total. The summed E-state index contributed by atoms with van der Waals surface area (Å²) < 4.78 is 0. The lowest BCUT2D eigenvalue weighted by Crippen LogP contribution is -2.62. The van der Waals surface area contributed by atoms with Gasteiger partial charge in [0.05, 0.1) is 29.5 Å². The number of allylic oxidation sites excluding steroid dienone is 2. The molecule has 2 saturated heterocycles. The summed E-state index contributed by atoms with van der Waals surface area (Å²) in [4.78, 5) is 44.5. The van der Waals surface area contributed by atoms with Crippen molar-refractivity contribution >= 4 is 35.0 Å². The molecule has 6 heteroatoms. The first kappa shape index (κ1) is 23.5. The molecule has 0 radical (unpaired) electrons. The molecule has 3 amide bonds. The van der Waals surface area contributed by atoms with Crippen molar-refractivity contribution in [3.8, 4) is 0 Å². The Morgan fingerprint density at radius 3 is 2.19 bits per heavy atom. The number of halogens is 1. The Morgan fingerprint density at radius 1 is 0.806 bits per heavy atom. The second kappa shape index (κ2) is 9.19. The van der Waals surface area contributed by atoms with E-state index in [4.69, 9.17) is 11.6 Å². The summed E-state index contributed by atoms with van der Waals surface area (Å²) in [5.74, 6) is -1.80. The van der Waals surface area contributed by atoms with E-state index >= 15 is 0 Å². The van der Waals surface area contributed by atoms with Gasteiger partial charge in [0, 0.05) is 17.0 Å². The number of carbonyl (C=O) groups is 3. The van der Waals surface area contributed by atoms with Crippen molar-refractivity contribution in [1.82, 2.24) is 4.90 Å². The molecule has 2 aliphatic carbocycles. The quantitative estimate of drug-likeness (QED) is 0.299. The zero-order chi connectivity index (χ0) is 25.0. The maximum atomic E-state index is 13.8. The van der Waals surface area contributed by atoms with E-state index in [-0.39, 0.29) is 41.6 Å². The van der Waals surface area contributed by atoms with Crippen LogP contribution < -0.4 is 4.90 Å². The zero-order valence-corrected chi connectivity index (χ0v) is 21.2. The fourth-order valence-electron chi connectivity index (χ4n) is 6.93. The maximum Gasteiger partial charge on any atom is 0.238 e. The monoisotopic (exact) mass is 502 g/mol. The molecule has 36 heavy (non-hydrogen) atoms. The van der Waals surface area contributed by atoms with Crippen molar-refractivity contribution in [1.29, 1.82) is 0 Å². The normalized spacial score (nSPS) is 30.5. The molecule has 2 aromatic carbocycles. The second-order valence-corrected chi connectivity index (χ2v) is 11.2. The lowest BCUT2D eigenvalue weighted by Gasteiger charge is -2.55. The van der Waals surface area contributed by atoms with Crippen LogP contribution in [-0.4, -0.2) is 28.7 Å². The number of imide groups is 1. The Hall–Kier alpha value is -2.92. The summed E-state index contributed by atoms with van der Waals surface area (Å²) >= 11 is 6.19. The standard InChI is InChI=1S/C30H31ClN2O3/c1-18-10-16-22(17-11-18)33-28(34)24-9-5-8-23(25(24)29(33)35)26-27(19-12-14-20(31)15-13-19)32(30(26)36)21-6-3-2-4-7-21/h5,8,10-17,21,23-27H,2-4,6-7,9H2,1H3/t23-,24+,25-,26-,27+/m1/s1. The topological polar surface area (TPSA) is 57.7 Å². The minimum atomic E-state index is -0.513. The number of benzene rings is 2. The van der Waals surface area contributed by atoms with Crippen LogP contribution in [0.4, 0.5) is 5.69 Å². The SMILES string of the molecule is Cc1ccc(N2C(=O)[C@@H]3[C@H]([C@H]4C(=O)N(C5CCCCC5)[C@H]4c4ccc(Cl)cc4)C=CC[C@@H]3C2=O)cc1. The second-order valence-electron chi connectivity index (χ2n) is 10.8. The van der Waals surface area contributed by atoms with Crippen LogP contribution in [0.1, 0.15) is 55.7 Å². The van der Waals surface area contributed by atoms with Crippen LogP contribution in [0, 0.1) is 30.6 Å². The molecular formula is C30H31ClN2O3. The third-order valence-electron chi connectivity index (χ3n) is 8.71. The van der Waals surface area contributed by atoms with Gasteiger partial charge in [-0.2, -0.15) is 0 Å². The van der Waals surface area contributed by atoms with Gasteiger partial charge in [-0.3, -0.25) is 19.3 Å². The molecule has 3 fully saturated rings. The number of fused-ring (bicyclic) bond motifs is 1. The summed E-state index contributed by atoms with van der Waals surface area (Å²) in [6.45, 7) is 1.98. The molecule has 4 aliphatic rings.